The van der Waals surface area contributed by atoms with Crippen LogP contribution in [-0.4, -0.2) is 0 Å². The molecule has 2 unspecified atom stereocenters. The average Bonchev–Trinajstić information content (AvgIpc) is 1.56. The molecule has 0 saturated carbocycles. The average molecular weight is 1130 g/mol. The number of benzene rings is 12. The van der Waals surface area contributed by atoms with E-state index in [4.69, 9.17) is 0 Å². The number of halogens is 6. The Labute approximate surface area is 494 Å². The summed E-state index contributed by atoms with van der Waals surface area (Å²) in [5, 5.41) is 0. The molecule has 0 N–H and O–H groups in total. The van der Waals surface area contributed by atoms with E-state index >= 15 is 17.6 Å². The van der Waals surface area contributed by atoms with E-state index in [2.05, 4.69) is 37.4 Å². The first kappa shape index (κ1) is 53.3. The van der Waals surface area contributed by atoms with Crippen LogP contribution in [0.25, 0.3) is 45.5 Å². The third kappa shape index (κ3) is 8.42. The summed E-state index contributed by atoms with van der Waals surface area (Å²) in [6.07, 6.45) is 3.55. The summed E-state index contributed by atoms with van der Waals surface area (Å²) in [5.74, 6) is -3.86. The lowest BCUT2D eigenvalue weighted by atomic mass is 9.67. The smallest absolute Gasteiger partial charge is 0.150 e. The Bertz CT molecular complexity index is 4280. The minimum Gasteiger partial charge on any atom is -0.305 e. The quantitative estimate of drug-likeness (QED) is 0.106. The predicted octanol–water partition coefficient (Wildman–Crippen LogP) is 21.1. The van der Waals surface area contributed by atoms with Gasteiger partial charge in [-0.15, -0.1) is 0 Å². The van der Waals surface area contributed by atoms with Crippen LogP contribution < -0.4 is 9.80 Å². The van der Waals surface area contributed by atoms with Gasteiger partial charge < -0.3 is 9.80 Å². The first-order valence-corrected chi connectivity index (χ1v) is 28.2. The van der Waals surface area contributed by atoms with Gasteiger partial charge in [0.15, 0.2) is 0 Å². The van der Waals surface area contributed by atoms with Gasteiger partial charge >= 0.3 is 0 Å². The number of hydrogen-bond donors (Lipinski definition) is 0. The summed E-state index contributed by atoms with van der Waals surface area (Å²) in [5.41, 5.74) is 13.5. The first-order chi connectivity index (χ1) is 42.0. The molecule has 8 heteroatoms. The van der Waals surface area contributed by atoms with Crippen LogP contribution in [0.5, 0.6) is 0 Å². The maximum absolute atomic E-state index is 16.5. The molecule has 0 aliphatic heterocycles. The number of rotatable bonds is 13. The lowest BCUT2D eigenvalue weighted by Gasteiger charge is -2.35. The Kier molecular flexibility index (Phi) is 13.1. The largest absolute Gasteiger partial charge is 0.305 e. The lowest BCUT2D eigenvalue weighted by molar-refractivity contribution is 0.585. The van der Waals surface area contributed by atoms with Crippen LogP contribution in [0.3, 0.4) is 0 Å². The van der Waals surface area contributed by atoms with E-state index in [0.29, 0.717) is 22.7 Å². The molecular formula is C78H50F6N2. The van der Waals surface area contributed by atoms with Crippen molar-refractivity contribution in [3.8, 4) is 33.4 Å². The van der Waals surface area contributed by atoms with E-state index in [-0.39, 0.29) is 23.0 Å². The van der Waals surface area contributed by atoms with Crippen molar-refractivity contribution in [2.24, 2.45) is 0 Å². The third-order valence-corrected chi connectivity index (χ3v) is 17.2. The van der Waals surface area contributed by atoms with Crippen LogP contribution in [0.1, 0.15) is 55.6 Å². The maximum atomic E-state index is 16.5. The summed E-state index contributed by atoms with van der Waals surface area (Å²) in [6.45, 7) is 7.94. The zero-order chi connectivity index (χ0) is 58.8. The van der Waals surface area contributed by atoms with E-state index in [9.17, 15) is 8.78 Å². The van der Waals surface area contributed by atoms with E-state index in [1.54, 1.807) is 70.5 Å². The molecule has 0 aromatic heterocycles. The summed E-state index contributed by atoms with van der Waals surface area (Å²) in [4.78, 5) is 3.15. The molecule has 2 nitrogen and oxygen atoms in total. The highest BCUT2D eigenvalue weighted by atomic mass is 19.2. The molecule has 2 atom stereocenters. The summed E-state index contributed by atoms with van der Waals surface area (Å²) in [7, 11) is 0. The normalized spacial score (nSPS) is 15.3. The Morgan fingerprint density at radius 1 is 0.279 bits per heavy atom. The molecular weight excluding hydrogens is 1080 g/mol. The zero-order valence-electron chi connectivity index (χ0n) is 46.1. The van der Waals surface area contributed by atoms with Gasteiger partial charge in [-0.2, -0.15) is 0 Å². The molecule has 414 valence electrons. The molecule has 86 heavy (non-hydrogen) atoms. The molecule has 0 heterocycles. The highest BCUT2D eigenvalue weighted by molar-refractivity contribution is 5.92. The molecule has 0 amide bonds. The fraction of sp³-hybridized carbons (Fsp3) is 0.0256. The third-order valence-electron chi connectivity index (χ3n) is 17.2. The van der Waals surface area contributed by atoms with E-state index in [1.165, 1.54) is 60.7 Å². The molecule has 14 rings (SSSR count). The van der Waals surface area contributed by atoms with Gasteiger partial charge in [-0.25, -0.2) is 26.3 Å². The van der Waals surface area contributed by atoms with E-state index in [1.807, 2.05) is 133 Å². The molecule has 0 fully saturated rings. The highest BCUT2D eigenvalue weighted by Crippen LogP contribution is 2.59. The van der Waals surface area contributed by atoms with Crippen molar-refractivity contribution in [3.63, 3.8) is 0 Å². The number of para-hydroxylation sites is 2. The number of anilines is 6. The molecule has 0 bridgehead atoms. The molecule has 0 radical (unpaired) electrons. The summed E-state index contributed by atoms with van der Waals surface area (Å²) in [6, 6.07) is 79.3. The second kappa shape index (κ2) is 21.2. The van der Waals surface area contributed by atoms with Gasteiger partial charge in [0.2, 0.25) is 0 Å². The number of fused-ring (bicyclic) bond motifs is 6. The lowest BCUT2D eigenvalue weighted by Crippen LogP contribution is -2.29. The molecule has 12 aromatic carbocycles. The Morgan fingerprint density at radius 2 is 0.581 bits per heavy atom. The Morgan fingerprint density at radius 3 is 0.919 bits per heavy atom. The monoisotopic (exact) mass is 1130 g/mol. The number of nitrogens with zero attached hydrogens (tertiary/aromatic N) is 2. The fourth-order valence-electron chi connectivity index (χ4n) is 13.4. The van der Waals surface area contributed by atoms with Crippen molar-refractivity contribution in [1.29, 1.82) is 0 Å². The number of hydrogen-bond acceptors (Lipinski definition) is 2. The van der Waals surface area contributed by atoms with Gasteiger partial charge in [0, 0.05) is 22.7 Å². The van der Waals surface area contributed by atoms with E-state index in [0.717, 1.165) is 89.0 Å². The van der Waals surface area contributed by atoms with Crippen LogP contribution in [-0.2, 0) is 10.8 Å². The molecule has 12 aromatic rings. The van der Waals surface area contributed by atoms with Crippen LogP contribution in [0.2, 0.25) is 0 Å². The summed E-state index contributed by atoms with van der Waals surface area (Å²) >= 11 is 0. The highest BCUT2D eigenvalue weighted by Gasteiger charge is 2.48. The van der Waals surface area contributed by atoms with Crippen LogP contribution in [0, 0.1) is 34.9 Å². The topological polar surface area (TPSA) is 6.48 Å². The van der Waals surface area contributed by atoms with Gasteiger partial charge in [0.1, 0.15) is 46.3 Å². The second-order valence-electron chi connectivity index (χ2n) is 21.6. The van der Waals surface area contributed by atoms with Gasteiger partial charge in [-0.1, -0.05) is 195 Å². The minimum absolute atomic E-state index is 0.279. The Hall–Kier alpha value is -10.7. The molecule has 2 aliphatic carbocycles. The molecule has 0 spiro atoms. The van der Waals surface area contributed by atoms with Crippen molar-refractivity contribution >= 4 is 46.3 Å². The van der Waals surface area contributed by atoms with Gasteiger partial charge in [0.05, 0.1) is 10.8 Å². The zero-order valence-corrected chi connectivity index (χ0v) is 46.1. The minimum atomic E-state index is -0.974. The fourth-order valence-corrected chi connectivity index (χ4v) is 13.4. The van der Waals surface area contributed by atoms with Gasteiger partial charge in [-0.3, -0.25) is 0 Å². The molecule has 0 saturated heterocycles. The van der Waals surface area contributed by atoms with Crippen LogP contribution in [0.15, 0.2) is 280 Å². The van der Waals surface area contributed by atoms with Crippen molar-refractivity contribution in [2.75, 3.05) is 9.80 Å². The first-order valence-electron chi connectivity index (χ1n) is 28.2. The second-order valence-corrected chi connectivity index (χ2v) is 21.6. The van der Waals surface area contributed by atoms with Crippen molar-refractivity contribution < 1.29 is 26.3 Å². The maximum Gasteiger partial charge on any atom is 0.150 e. The van der Waals surface area contributed by atoms with Crippen LogP contribution >= 0.6 is 0 Å². The van der Waals surface area contributed by atoms with Crippen LogP contribution in [0.4, 0.5) is 60.5 Å². The van der Waals surface area contributed by atoms with Crippen molar-refractivity contribution in [3.05, 3.63) is 371 Å². The SMILES string of the molecule is C=Cc1ccc(C2(c3ccc(F)cc3)c3ccccc3-c3ccc(N(c4ccc(-c5ccc(N(c6ccc7c(c6)C(c6ccc(F)cc6)(c6ccc(C=C)cc6)c6ccccc6-7)c6c(F)cccc6F)cc5)cc4)c4c(F)cccc4F)cc32)cc1. The van der Waals surface area contributed by atoms with Crippen molar-refractivity contribution in [2.45, 2.75) is 10.8 Å². The van der Waals surface area contributed by atoms with Crippen molar-refractivity contribution in [1.82, 2.24) is 0 Å². The standard InChI is InChI=1S/C78H50F6N2/c1-3-49-19-27-53(28-20-49)77(55-31-35-57(79)36-32-55)67-13-7-5-11-63(67)65-45-43-61(47-69(65)77)85(75-71(81)15-9-16-72(75)82)59-39-23-51(24-40-59)52-25-41-60(42-26-52)86(76-73(83)17-10-18-74(76)84)62-44-46-66-64-12-6-8-14-68(64)78(70(66)48-62,56-33-37-58(80)38-34-56)54-29-21-50(4-2)22-30-54/h3-48H,1-2H2. The summed E-state index contributed by atoms with van der Waals surface area (Å²) < 4.78 is 95.5. The molecule has 2 aliphatic rings. The van der Waals surface area contributed by atoms with E-state index < -0.39 is 34.1 Å². The Balaban J connectivity index is 0.878. The predicted molar refractivity (Wildman–Crippen MR) is 336 cm³/mol. The van der Waals surface area contributed by atoms with Gasteiger partial charge in [-0.05, 0) is 186 Å². The van der Waals surface area contributed by atoms with Gasteiger partial charge in [0.25, 0.3) is 0 Å².